The molecule has 9 nitrogen and oxygen atoms in total. The molecule has 0 aliphatic carbocycles. The molecule has 1 saturated heterocycles. The number of aromatic nitrogens is 2. The lowest BCUT2D eigenvalue weighted by Gasteiger charge is -2.36. The zero-order valence-corrected chi connectivity index (χ0v) is 23.3. The van der Waals surface area contributed by atoms with Gasteiger partial charge in [0.15, 0.2) is 15.5 Å². The Morgan fingerprint density at radius 1 is 1.00 bits per heavy atom. The number of rotatable bonds is 7. The summed E-state index contributed by atoms with van der Waals surface area (Å²) in [5.74, 6) is -0.830. The van der Waals surface area contributed by atoms with Gasteiger partial charge in [0.1, 0.15) is 5.65 Å². The number of imidazole rings is 1. The third-order valence-electron chi connectivity index (χ3n) is 6.97. The predicted octanol–water partition coefficient (Wildman–Crippen LogP) is 4.14. The summed E-state index contributed by atoms with van der Waals surface area (Å²) in [6.45, 7) is 6.01. The van der Waals surface area contributed by atoms with E-state index in [1.54, 1.807) is 65.7 Å². The quantitative estimate of drug-likeness (QED) is 0.309. The smallest absolute Gasteiger partial charge is 0.357 e. The Morgan fingerprint density at radius 3 is 2.46 bits per heavy atom. The second-order valence-corrected chi connectivity index (χ2v) is 12.0. The molecule has 4 aromatic rings. The number of hydrogen-bond acceptors (Lipinski definition) is 7. The van der Waals surface area contributed by atoms with Crippen LogP contribution in [0.2, 0.25) is 5.02 Å². The molecule has 1 aliphatic rings. The highest BCUT2D eigenvalue weighted by atomic mass is 35.5. The number of benzene rings is 2. The number of aryl methyl sites for hydroxylation is 1. The molecular weight excluding hydrogens is 540 g/mol. The molecule has 2 aromatic carbocycles. The van der Waals surface area contributed by atoms with Gasteiger partial charge in [-0.3, -0.25) is 9.20 Å². The number of pyridine rings is 1. The zero-order valence-electron chi connectivity index (χ0n) is 21.8. The second kappa shape index (κ2) is 10.9. The molecule has 5 rings (SSSR count). The monoisotopic (exact) mass is 568 g/mol. The molecule has 3 heterocycles. The van der Waals surface area contributed by atoms with E-state index in [0.717, 1.165) is 16.5 Å². The standard InChI is InChI=1S/C28H29ClN4O5S/c1-3-38-28(35)27-19(2)30-25-18-23(8-10-33(25)27)31-11-13-32(14-12-31)26(34)9-15-39(36,37)24-7-5-20-16-22(29)6-4-21(20)17-24/h4-8,10,16-18H,3,9,11-15H2,1-2H3. The maximum absolute atomic E-state index is 12.9. The number of nitrogens with zero attached hydrogens (tertiary/aromatic N) is 4. The summed E-state index contributed by atoms with van der Waals surface area (Å²) in [6, 6.07) is 14.0. The minimum atomic E-state index is -3.61. The summed E-state index contributed by atoms with van der Waals surface area (Å²) in [7, 11) is -3.61. The van der Waals surface area contributed by atoms with E-state index < -0.39 is 15.8 Å². The first-order chi connectivity index (χ1) is 18.7. The van der Waals surface area contributed by atoms with Crippen molar-refractivity contribution in [2.75, 3.05) is 43.4 Å². The van der Waals surface area contributed by atoms with Gasteiger partial charge in [-0.1, -0.05) is 23.7 Å². The first kappa shape index (κ1) is 27.0. The lowest BCUT2D eigenvalue weighted by molar-refractivity contribution is -0.131. The third kappa shape index (κ3) is 5.58. The van der Waals surface area contributed by atoms with E-state index in [4.69, 9.17) is 16.3 Å². The first-order valence-corrected chi connectivity index (χ1v) is 14.8. The van der Waals surface area contributed by atoms with Crippen molar-refractivity contribution in [3.63, 3.8) is 0 Å². The van der Waals surface area contributed by atoms with Crippen LogP contribution in [0.4, 0.5) is 5.69 Å². The molecule has 204 valence electrons. The molecule has 0 saturated carbocycles. The van der Waals surface area contributed by atoms with Crippen LogP contribution >= 0.6 is 11.6 Å². The summed E-state index contributed by atoms with van der Waals surface area (Å²) in [5.41, 5.74) is 2.60. The van der Waals surface area contributed by atoms with Gasteiger partial charge >= 0.3 is 5.97 Å². The Bertz CT molecular complexity index is 1680. The third-order valence-corrected chi connectivity index (χ3v) is 8.92. The largest absolute Gasteiger partial charge is 0.461 e. The molecule has 0 N–H and O–H groups in total. The highest BCUT2D eigenvalue weighted by Gasteiger charge is 2.25. The lowest BCUT2D eigenvalue weighted by Crippen LogP contribution is -2.49. The van der Waals surface area contributed by atoms with E-state index >= 15 is 0 Å². The lowest BCUT2D eigenvalue weighted by atomic mass is 10.1. The number of esters is 1. The predicted molar refractivity (Wildman–Crippen MR) is 150 cm³/mol. The molecule has 39 heavy (non-hydrogen) atoms. The van der Waals surface area contributed by atoms with Crippen LogP contribution in [-0.4, -0.2) is 73.1 Å². The van der Waals surface area contributed by atoms with Crippen LogP contribution in [0, 0.1) is 6.92 Å². The number of piperazine rings is 1. The van der Waals surface area contributed by atoms with E-state index in [-0.39, 0.29) is 29.6 Å². The van der Waals surface area contributed by atoms with Crippen molar-refractivity contribution in [2.24, 2.45) is 0 Å². The molecule has 0 unspecified atom stereocenters. The fourth-order valence-corrected chi connectivity index (χ4v) is 6.34. The van der Waals surface area contributed by atoms with Gasteiger partial charge in [-0.25, -0.2) is 18.2 Å². The Labute approximate surface area is 231 Å². The van der Waals surface area contributed by atoms with Crippen LogP contribution in [0.15, 0.2) is 59.6 Å². The van der Waals surface area contributed by atoms with E-state index in [0.29, 0.717) is 48.2 Å². The van der Waals surface area contributed by atoms with Crippen molar-refractivity contribution in [3.05, 3.63) is 71.1 Å². The Kier molecular flexibility index (Phi) is 7.51. The van der Waals surface area contributed by atoms with Gasteiger partial charge < -0.3 is 14.5 Å². The van der Waals surface area contributed by atoms with Crippen molar-refractivity contribution < 1.29 is 22.7 Å². The average molecular weight is 569 g/mol. The molecule has 2 aromatic heterocycles. The van der Waals surface area contributed by atoms with Gasteiger partial charge in [0, 0.05) is 55.6 Å². The molecule has 0 atom stereocenters. The van der Waals surface area contributed by atoms with Crippen LogP contribution < -0.4 is 4.90 Å². The number of ether oxygens (including phenoxy) is 1. The van der Waals surface area contributed by atoms with E-state index in [1.165, 1.54) is 0 Å². The van der Waals surface area contributed by atoms with Crippen molar-refractivity contribution in [1.82, 2.24) is 14.3 Å². The number of hydrogen-bond donors (Lipinski definition) is 0. The van der Waals surface area contributed by atoms with Crippen LogP contribution in [0.1, 0.15) is 29.5 Å². The average Bonchev–Trinajstić information content (AvgIpc) is 3.26. The van der Waals surface area contributed by atoms with Gasteiger partial charge in [0.05, 0.1) is 22.9 Å². The summed E-state index contributed by atoms with van der Waals surface area (Å²) < 4.78 is 32.8. The van der Waals surface area contributed by atoms with E-state index in [9.17, 15) is 18.0 Å². The van der Waals surface area contributed by atoms with Crippen LogP contribution in [0.5, 0.6) is 0 Å². The van der Waals surface area contributed by atoms with E-state index in [1.807, 2.05) is 12.1 Å². The van der Waals surface area contributed by atoms with Gasteiger partial charge in [0.2, 0.25) is 5.91 Å². The maximum atomic E-state index is 12.9. The number of halogens is 1. The fourth-order valence-electron chi connectivity index (χ4n) is 4.89. The SMILES string of the molecule is CCOC(=O)c1c(C)nc2cc(N3CCN(C(=O)CCS(=O)(=O)c4ccc5cc(Cl)ccc5c4)CC3)ccn12. The van der Waals surface area contributed by atoms with Crippen LogP contribution in [0.25, 0.3) is 16.4 Å². The molecule has 1 fully saturated rings. The normalized spacial score (nSPS) is 14.2. The minimum Gasteiger partial charge on any atom is -0.461 e. The molecular formula is C28H29ClN4O5S. The van der Waals surface area contributed by atoms with Crippen molar-refractivity contribution in [1.29, 1.82) is 0 Å². The highest BCUT2D eigenvalue weighted by Crippen LogP contribution is 2.25. The fraction of sp³-hybridized carbons (Fsp3) is 0.321. The highest BCUT2D eigenvalue weighted by molar-refractivity contribution is 7.91. The number of sulfone groups is 1. The number of fused-ring (bicyclic) bond motifs is 2. The van der Waals surface area contributed by atoms with Crippen molar-refractivity contribution in [3.8, 4) is 0 Å². The molecule has 0 bridgehead atoms. The molecule has 0 spiro atoms. The van der Waals surface area contributed by atoms with Crippen molar-refractivity contribution >= 4 is 55.4 Å². The summed E-state index contributed by atoms with van der Waals surface area (Å²) in [6.07, 6.45) is 1.73. The van der Waals surface area contributed by atoms with Gasteiger partial charge in [0.25, 0.3) is 0 Å². The van der Waals surface area contributed by atoms with Crippen LogP contribution in [0.3, 0.4) is 0 Å². The number of anilines is 1. The van der Waals surface area contributed by atoms with E-state index in [2.05, 4.69) is 9.88 Å². The summed E-state index contributed by atoms with van der Waals surface area (Å²) in [4.78, 5) is 33.8. The molecule has 11 heteroatoms. The summed E-state index contributed by atoms with van der Waals surface area (Å²) >= 11 is 6.02. The molecule has 0 radical (unpaired) electrons. The topological polar surface area (TPSA) is 101 Å². The van der Waals surface area contributed by atoms with Crippen molar-refractivity contribution in [2.45, 2.75) is 25.2 Å². The van der Waals surface area contributed by atoms with Gasteiger partial charge in [-0.05, 0) is 55.0 Å². The minimum absolute atomic E-state index is 0.0725. The Balaban J connectivity index is 1.19. The summed E-state index contributed by atoms with van der Waals surface area (Å²) in [5, 5.41) is 2.23. The van der Waals surface area contributed by atoms with Crippen LogP contribution in [-0.2, 0) is 19.4 Å². The van der Waals surface area contributed by atoms with Gasteiger partial charge in [-0.2, -0.15) is 0 Å². The number of carbonyl (C=O) groups is 2. The first-order valence-electron chi connectivity index (χ1n) is 12.8. The zero-order chi connectivity index (χ0) is 27.7. The Hall–Kier alpha value is -3.63. The van der Waals surface area contributed by atoms with Gasteiger partial charge in [-0.15, -0.1) is 0 Å². The molecule has 1 aliphatic heterocycles. The maximum Gasteiger partial charge on any atom is 0.357 e. The second-order valence-electron chi connectivity index (χ2n) is 9.47. The number of carbonyl (C=O) groups excluding carboxylic acids is 2. The molecule has 1 amide bonds. The Morgan fingerprint density at radius 2 is 1.72 bits per heavy atom. The number of amides is 1.